The minimum atomic E-state index is -0.227. The van der Waals surface area contributed by atoms with E-state index >= 15 is 0 Å². The number of benzene rings is 1. The third-order valence-electron chi connectivity index (χ3n) is 3.82. The Kier molecular flexibility index (Phi) is 5.27. The number of nitrogens with zero attached hydrogens (tertiary/aromatic N) is 1. The molecule has 1 aliphatic heterocycles. The Morgan fingerprint density at radius 3 is 2.91 bits per heavy atom. The highest BCUT2D eigenvalue weighted by Gasteiger charge is 2.16. The fourth-order valence-corrected chi connectivity index (χ4v) is 2.70. The molecule has 1 aromatic heterocycles. The maximum Gasteiger partial charge on any atom is 0.273 e. The number of hydrogen-bond donors (Lipinski definition) is 2. The lowest BCUT2D eigenvalue weighted by Gasteiger charge is -2.23. The standard InChI is InChI=1S/C16H18ClN3O3/c17-13-3-1-2-12(10-13)15-11-14(19-23-15)16(21)18-4-5-20-6-8-22-9-7-20/h1-3,10-11H,4-9H2,(H,18,21)/p+1. The van der Waals surface area contributed by atoms with Crippen LogP contribution in [-0.2, 0) is 4.74 Å². The van der Waals surface area contributed by atoms with Gasteiger partial charge in [-0.05, 0) is 12.1 Å². The molecule has 1 amide bonds. The Morgan fingerprint density at radius 1 is 1.30 bits per heavy atom. The number of rotatable bonds is 5. The van der Waals surface area contributed by atoms with Gasteiger partial charge in [0.2, 0.25) is 0 Å². The van der Waals surface area contributed by atoms with Gasteiger partial charge in [0, 0.05) is 16.7 Å². The minimum absolute atomic E-state index is 0.227. The van der Waals surface area contributed by atoms with E-state index < -0.39 is 0 Å². The molecule has 122 valence electrons. The predicted molar refractivity (Wildman–Crippen MR) is 85.7 cm³/mol. The second kappa shape index (κ2) is 7.59. The number of carbonyl (C=O) groups is 1. The molecule has 6 nitrogen and oxygen atoms in total. The Bertz CT molecular complexity index is 668. The summed E-state index contributed by atoms with van der Waals surface area (Å²) in [7, 11) is 0. The van der Waals surface area contributed by atoms with E-state index in [0.717, 1.165) is 38.4 Å². The maximum atomic E-state index is 12.1. The molecule has 2 heterocycles. The van der Waals surface area contributed by atoms with Crippen molar-refractivity contribution in [3.8, 4) is 11.3 Å². The first-order chi connectivity index (χ1) is 11.2. The zero-order chi connectivity index (χ0) is 16.1. The Labute approximate surface area is 139 Å². The van der Waals surface area contributed by atoms with Crippen molar-refractivity contribution in [2.75, 3.05) is 39.4 Å². The number of halogens is 1. The first kappa shape index (κ1) is 16.0. The molecule has 0 bridgehead atoms. The zero-order valence-electron chi connectivity index (χ0n) is 12.7. The molecule has 0 unspecified atom stereocenters. The van der Waals surface area contributed by atoms with Gasteiger partial charge in [-0.3, -0.25) is 4.79 Å². The van der Waals surface area contributed by atoms with Crippen LogP contribution in [0.3, 0.4) is 0 Å². The van der Waals surface area contributed by atoms with E-state index in [4.69, 9.17) is 20.9 Å². The van der Waals surface area contributed by atoms with Crippen LogP contribution < -0.4 is 10.2 Å². The topological polar surface area (TPSA) is 68.8 Å². The molecule has 0 spiro atoms. The number of hydrogen-bond acceptors (Lipinski definition) is 4. The molecule has 7 heteroatoms. The largest absolute Gasteiger partial charge is 0.370 e. The van der Waals surface area contributed by atoms with Crippen LogP contribution in [0.1, 0.15) is 10.5 Å². The van der Waals surface area contributed by atoms with Gasteiger partial charge in [0.05, 0.1) is 26.3 Å². The number of amides is 1. The number of quaternary nitrogens is 1. The average molecular weight is 337 g/mol. The summed E-state index contributed by atoms with van der Waals surface area (Å²) in [5, 5.41) is 7.31. The molecule has 2 aromatic rings. The van der Waals surface area contributed by atoms with E-state index in [2.05, 4.69) is 10.5 Å². The summed E-state index contributed by atoms with van der Waals surface area (Å²) in [5.41, 5.74) is 1.07. The second-order valence-corrected chi connectivity index (χ2v) is 5.89. The molecule has 0 aliphatic carbocycles. The second-order valence-electron chi connectivity index (χ2n) is 5.46. The molecule has 0 radical (unpaired) electrons. The van der Waals surface area contributed by atoms with Crippen LogP contribution in [0.2, 0.25) is 5.02 Å². The van der Waals surface area contributed by atoms with Crippen molar-refractivity contribution >= 4 is 17.5 Å². The van der Waals surface area contributed by atoms with Crippen molar-refractivity contribution in [2.45, 2.75) is 0 Å². The number of carbonyl (C=O) groups excluding carboxylic acids is 1. The quantitative estimate of drug-likeness (QED) is 0.841. The third kappa shape index (κ3) is 4.31. The molecule has 3 rings (SSSR count). The zero-order valence-corrected chi connectivity index (χ0v) is 13.4. The van der Waals surface area contributed by atoms with Gasteiger partial charge in [-0.25, -0.2) is 0 Å². The lowest BCUT2D eigenvalue weighted by atomic mass is 10.1. The third-order valence-corrected chi connectivity index (χ3v) is 4.05. The van der Waals surface area contributed by atoms with Crippen LogP contribution in [0.4, 0.5) is 0 Å². The summed E-state index contributed by atoms with van der Waals surface area (Å²) < 4.78 is 10.5. The average Bonchev–Trinajstić information content (AvgIpc) is 3.06. The van der Waals surface area contributed by atoms with Crippen LogP contribution >= 0.6 is 11.6 Å². The summed E-state index contributed by atoms with van der Waals surface area (Å²) in [4.78, 5) is 13.5. The van der Waals surface area contributed by atoms with Gasteiger partial charge in [0.25, 0.3) is 5.91 Å². The van der Waals surface area contributed by atoms with Crippen molar-refractivity contribution in [1.29, 1.82) is 0 Å². The first-order valence-corrected chi connectivity index (χ1v) is 8.02. The van der Waals surface area contributed by atoms with E-state index in [1.165, 1.54) is 4.90 Å². The van der Waals surface area contributed by atoms with Crippen LogP contribution in [0, 0.1) is 0 Å². The van der Waals surface area contributed by atoms with E-state index in [1.54, 1.807) is 18.2 Å². The van der Waals surface area contributed by atoms with Crippen molar-refractivity contribution in [3.63, 3.8) is 0 Å². The molecule has 1 aliphatic rings. The van der Waals surface area contributed by atoms with Crippen LogP contribution in [0.25, 0.3) is 11.3 Å². The van der Waals surface area contributed by atoms with Gasteiger partial charge < -0.3 is 19.5 Å². The number of morpholine rings is 1. The molecule has 23 heavy (non-hydrogen) atoms. The van der Waals surface area contributed by atoms with Gasteiger partial charge in [-0.15, -0.1) is 0 Å². The Balaban J connectivity index is 1.54. The molecule has 0 atom stereocenters. The van der Waals surface area contributed by atoms with Gasteiger partial charge in [0.15, 0.2) is 11.5 Å². The number of aromatic nitrogens is 1. The van der Waals surface area contributed by atoms with Gasteiger partial charge >= 0.3 is 0 Å². The number of nitrogens with one attached hydrogen (secondary N) is 2. The van der Waals surface area contributed by atoms with Crippen molar-refractivity contribution in [1.82, 2.24) is 10.5 Å². The maximum absolute atomic E-state index is 12.1. The minimum Gasteiger partial charge on any atom is -0.370 e. The molecule has 0 saturated carbocycles. The lowest BCUT2D eigenvalue weighted by molar-refractivity contribution is -0.906. The lowest BCUT2D eigenvalue weighted by Crippen LogP contribution is -3.14. The summed E-state index contributed by atoms with van der Waals surface area (Å²) >= 11 is 5.95. The van der Waals surface area contributed by atoms with E-state index in [0.29, 0.717) is 17.3 Å². The van der Waals surface area contributed by atoms with Gasteiger partial charge in [-0.2, -0.15) is 0 Å². The summed E-state index contributed by atoms with van der Waals surface area (Å²) in [6.45, 7) is 5.03. The van der Waals surface area contributed by atoms with Gasteiger partial charge in [-0.1, -0.05) is 28.9 Å². The monoisotopic (exact) mass is 336 g/mol. The molecule has 1 saturated heterocycles. The fourth-order valence-electron chi connectivity index (χ4n) is 2.51. The highest BCUT2D eigenvalue weighted by Crippen LogP contribution is 2.23. The molecule has 1 fully saturated rings. The fraction of sp³-hybridized carbons (Fsp3) is 0.375. The first-order valence-electron chi connectivity index (χ1n) is 7.64. The predicted octanol–water partition coefficient (Wildman–Crippen LogP) is 0.640. The van der Waals surface area contributed by atoms with E-state index in [-0.39, 0.29) is 11.6 Å². The van der Waals surface area contributed by atoms with Crippen molar-refractivity contribution in [3.05, 3.63) is 41.0 Å². The molecular formula is C16H19ClN3O3+. The van der Waals surface area contributed by atoms with E-state index in [1.807, 2.05) is 12.1 Å². The molecule has 2 N–H and O–H groups in total. The molecular weight excluding hydrogens is 318 g/mol. The normalized spacial score (nSPS) is 15.5. The number of ether oxygens (including phenoxy) is 1. The SMILES string of the molecule is O=C(NCC[NH+]1CCOCC1)c1cc(-c2cccc(Cl)c2)on1. The van der Waals surface area contributed by atoms with E-state index in [9.17, 15) is 4.79 Å². The van der Waals surface area contributed by atoms with Crippen molar-refractivity contribution in [2.24, 2.45) is 0 Å². The summed E-state index contributed by atoms with van der Waals surface area (Å²) in [6, 6.07) is 8.86. The Hall–Kier alpha value is -1.89. The van der Waals surface area contributed by atoms with Crippen LogP contribution in [0.5, 0.6) is 0 Å². The van der Waals surface area contributed by atoms with Crippen LogP contribution in [0.15, 0.2) is 34.9 Å². The highest BCUT2D eigenvalue weighted by atomic mass is 35.5. The summed E-state index contributed by atoms with van der Waals surface area (Å²) in [6.07, 6.45) is 0. The summed E-state index contributed by atoms with van der Waals surface area (Å²) in [5.74, 6) is 0.297. The Morgan fingerprint density at radius 2 is 2.13 bits per heavy atom. The molecule has 1 aromatic carbocycles. The smallest absolute Gasteiger partial charge is 0.273 e. The highest BCUT2D eigenvalue weighted by molar-refractivity contribution is 6.30. The van der Waals surface area contributed by atoms with Crippen molar-refractivity contribution < 1.29 is 19.0 Å². The van der Waals surface area contributed by atoms with Gasteiger partial charge in [0.1, 0.15) is 13.1 Å². The van der Waals surface area contributed by atoms with Crippen LogP contribution in [-0.4, -0.2) is 50.5 Å².